The summed E-state index contributed by atoms with van der Waals surface area (Å²) in [6, 6.07) is 0. The van der Waals surface area contributed by atoms with E-state index in [1.54, 1.807) is 0 Å². The average molecular weight is 225 g/mol. The van der Waals surface area contributed by atoms with Crippen LogP contribution in [-0.4, -0.2) is 37.1 Å². The van der Waals surface area contributed by atoms with Gasteiger partial charge in [-0.05, 0) is 38.8 Å². The van der Waals surface area contributed by atoms with Gasteiger partial charge < -0.3 is 4.74 Å². The Morgan fingerprint density at radius 3 is 2.50 bits per heavy atom. The zero-order valence-electron chi connectivity index (χ0n) is 10.5. The van der Waals surface area contributed by atoms with Gasteiger partial charge in [-0.3, -0.25) is 4.90 Å². The van der Waals surface area contributed by atoms with Gasteiger partial charge >= 0.3 is 5.97 Å². The maximum Gasteiger partial charge on any atom is 0.334 e. The maximum atomic E-state index is 11.4. The van der Waals surface area contributed by atoms with Crippen LogP contribution in [0.3, 0.4) is 0 Å². The van der Waals surface area contributed by atoms with E-state index in [1.165, 1.54) is 19.3 Å². The topological polar surface area (TPSA) is 29.5 Å². The van der Waals surface area contributed by atoms with Crippen LogP contribution in [0.1, 0.15) is 33.1 Å². The summed E-state index contributed by atoms with van der Waals surface area (Å²) in [5.41, 5.74) is 0.580. The van der Waals surface area contributed by atoms with Crippen molar-refractivity contribution in [2.45, 2.75) is 33.1 Å². The highest BCUT2D eigenvalue weighted by Crippen LogP contribution is 2.20. The van der Waals surface area contributed by atoms with Crippen LogP contribution in [0.25, 0.3) is 0 Å². The molecule has 0 unspecified atom stereocenters. The van der Waals surface area contributed by atoms with Crippen molar-refractivity contribution in [1.82, 2.24) is 4.90 Å². The Hall–Kier alpha value is -0.830. The summed E-state index contributed by atoms with van der Waals surface area (Å²) in [5, 5.41) is 0. The lowest BCUT2D eigenvalue weighted by Gasteiger charge is -2.31. The lowest BCUT2D eigenvalue weighted by molar-refractivity contribution is -0.138. The fraction of sp³-hybridized carbons (Fsp3) is 0.769. The number of piperidine rings is 1. The van der Waals surface area contributed by atoms with Gasteiger partial charge in [-0.15, -0.1) is 0 Å². The van der Waals surface area contributed by atoms with Crippen LogP contribution in [0.2, 0.25) is 0 Å². The number of rotatable bonds is 5. The highest BCUT2D eigenvalue weighted by Gasteiger charge is 2.19. The lowest BCUT2D eigenvalue weighted by atomic mass is 9.94. The van der Waals surface area contributed by atoms with Crippen LogP contribution in [0.5, 0.6) is 0 Å². The van der Waals surface area contributed by atoms with Gasteiger partial charge in [0.05, 0.1) is 6.61 Å². The fourth-order valence-corrected chi connectivity index (χ4v) is 2.12. The van der Waals surface area contributed by atoms with Crippen LogP contribution in [0.15, 0.2) is 12.2 Å². The summed E-state index contributed by atoms with van der Waals surface area (Å²) in [6.07, 6.45) is 3.76. The second-order valence-corrected chi connectivity index (χ2v) is 4.45. The Bertz CT molecular complexity index is 242. The van der Waals surface area contributed by atoms with E-state index in [9.17, 15) is 4.79 Å². The smallest absolute Gasteiger partial charge is 0.334 e. The molecule has 0 aromatic rings. The molecule has 1 heterocycles. The van der Waals surface area contributed by atoms with E-state index < -0.39 is 0 Å². The molecule has 0 aromatic heterocycles. The van der Waals surface area contributed by atoms with E-state index in [4.69, 9.17) is 4.74 Å². The Labute approximate surface area is 98.5 Å². The summed E-state index contributed by atoms with van der Waals surface area (Å²) in [5.74, 6) is 0.618. The summed E-state index contributed by atoms with van der Waals surface area (Å²) in [4.78, 5) is 13.7. The van der Waals surface area contributed by atoms with E-state index in [0.717, 1.165) is 19.0 Å². The van der Waals surface area contributed by atoms with Gasteiger partial charge in [0.1, 0.15) is 0 Å². The molecule has 1 aliphatic rings. The number of hydrogen-bond acceptors (Lipinski definition) is 3. The number of hydrogen-bond donors (Lipinski definition) is 0. The predicted molar refractivity (Wildman–Crippen MR) is 65.2 cm³/mol. The van der Waals surface area contributed by atoms with Crippen molar-refractivity contribution in [3.63, 3.8) is 0 Å². The third-order valence-corrected chi connectivity index (χ3v) is 3.26. The Balaban J connectivity index is 2.28. The SMILES string of the molecule is C=C(CN1CCC(CC)CC1)C(=O)OCC. The number of carbonyl (C=O) groups excluding carboxylic acids is 1. The largest absolute Gasteiger partial charge is 0.463 e. The average Bonchev–Trinajstić information content (AvgIpc) is 2.30. The van der Waals surface area contributed by atoms with Crippen LogP contribution in [-0.2, 0) is 9.53 Å². The first kappa shape index (κ1) is 13.2. The molecule has 1 rings (SSSR count). The van der Waals surface area contributed by atoms with Gasteiger partial charge in [0, 0.05) is 12.1 Å². The normalized spacial score (nSPS) is 18.4. The second kappa shape index (κ2) is 6.69. The van der Waals surface area contributed by atoms with Gasteiger partial charge in [0.25, 0.3) is 0 Å². The molecule has 1 aliphatic heterocycles. The lowest BCUT2D eigenvalue weighted by Crippen LogP contribution is -2.36. The molecule has 0 bridgehead atoms. The van der Waals surface area contributed by atoms with Crippen LogP contribution < -0.4 is 0 Å². The third kappa shape index (κ3) is 3.97. The highest BCUT2D eigenvalue weighted by atomic mass is 16.5. The molecule has 3 heteroatoms. The van der Waals surface area contributed by atoms with Crippen molar-refractivity contribution in [1.29, 1.82) is 0 Å². The highest BCUT2D eigenvalue weighted by molar-refractivity contribution is 5.88. The number of carbonyl (C=O) groups is 1. The van der Waals surface area contributed by atoms with Crippen molar-refractivity contribution in [2.75, 3.05) is 26.2 Å². The van der Waals surface area contributed by atoms with Crippen molar-refractivity contribution >= 4 is 5.97 Å². The second-order valence-electron chi connectivity index (χ2n) is 4.45. The number of likely N-dealkylation sites (tertiary alicyclic amines) is 1. The molecule has 0 aromatic carbocycles. The van der Waals surface area contributed by atoms with E-state index in [2.05, 4.69) is 18.4 Å². The molecule has 0 atom stereocenters. The fourth-order valence-electron chi connectivity index (χ4n) is 2.12. The van der Waals surface area contributed by atoms with Crippen molar-refractivity contribution < 1.29 is 9.53 Å². The molecule has 0 aliphatic carbocycles. The minimum atomic E-state index is -0.250. The van der Waals surface area contributed by atoms with E-state index in [1.807, 2.05) is 6.92 Å². The molecule has 16 heavy (non-hydrogen) atoms. The zero-order chi connectivity index (χ0) is 12.0. The molecule has 0 radical (unpaired) electrons. The molecule has 92 valence electrons. The molecule has 1 fully saturated rings. The van der Waals surface area contributed by atoms with Crippen molar-refractivity contribution in [3.05, 3.63) is 12.2 Å². The molecule has 0 spiro atoms. The minimum absolute atomic E-state index is 0.250. The van der Waals surface area contributed by atoms with Crippen molar-refractivity contribution in [2.24, 2.45) is 5.92 Å². The molecular formula is C13H23NO2. The summed E-state index contributed by atoms with van der Waals surface area (Å²) in [6.45, 7) is 11.1. The number of ether oxygens (including phenoxy) is 1. The van der Waals surface area contributed by atoms with Crippen LogP contribution >= 0.6 is 0 Å². The van der Waals surface area contributed by atoms with E-state index in [0.29, 0.717) is 18.7 Å². The van der Waals surface area contributed by atoms with Crippen LogP contribution in [0, 0.1) is 5.92 Å². The first-order valence-corrected chi connectivity index (χ1v) is 6.24. The van der Waals surface area contributed by atoms with Gasteiger partial charge in [0.2, 0.25) is 0 Å². The van der Waals surface area contributed by atoms with Crippen molar-refractivity contribution in [3.8, 4) is 0 Å². The molecule has 0 saturated carbocycles. The number of nitrogens with zero attached hydrogens (tertiary/aromatic N) is 1. The van der Waals surface area contributed by atoms with Crippen LogP contribution in [0.4, 0.5) is 0 Å². The quantitative estimate of drug-likeness (QED) is 0.531. The first-order chi connectivity index (χ1) is 7.67. The summed E-state index contributed by atoms with van der Waals surface area (Å²) in [7, 11) is 0. The molecule has 0 amide bonds. The van der Waals surface area contributed by atoms with Gasteiger partial charge in [-0.2, -0.15) is 0 Å². The predicted octanol–water partition coefficient (Wildman–Crippen LogP) is 2.23. The van der Waals surface area contributed by atoms with Gasteiger partial charge in [-0.25, -0.2) is 4.79 Å². The molecule has 0 N–H and O–H groups in total. The Morgan fingerprint density at radius 1 is 1.38 bits per heavy atom. The third-order valence-electron chi connectivity index (χ3n) is 3.26. The standard InChI is InChI=1S/C13H23NO2/c1-4-12-6-8-14(9-7-12)10-11(3)13(15)16-5-2/h12H,3-10H2,1-2H3. The monoisotopic (exact) mass is 225 g/mol. The Kier molecular flexibility index (Phi) is 5.53. The number of esters is 1. The summed E-state index contributed by atoms with van der Waals surface area (Å²) >= 11 is 0. The first-order valence-electron chi connectivity index (χ1n) is 6.24. The molecular weight excluding hydrogens is 202 g/mol. The molecule has 1 saturated heterocycles. The maximum absolute atomic E-state index is 11.4. The minimum Gasteiger partial charge on any atom is -0.463 e. The Morgan fingerprint density at radius 2 is 2.00 bits per heavy atom. The molecule has 3 nitrogen and oxygen atoms in total. The van der Waals surface area contributed by atoms with E-state index in [-0.39, 0.29) is 5.97 Å². The van der Waals surface area contributed by atoms with Gasteiger partial charge in [-0.1, -0.05) is 19.9 Å². The zero-order valence-corrected chi connectivity index (χ0v) is 10.5. The van der Waals surface area contributed by atoms with Gasteiger partial charge in [0.15, 0.2) is 0 Å². The van der Waals surface area contributed by atoms with E-state index >= 15 is 0 Å². The summed E-state index contributed by atoms with van der Waals surface area (Å²) < 4.78 is 4.92.